The van der Waals surface area contributed by atoms with Crippen molar-refractivity contribution >= 4 is 45.1 Å². The highest BCUT2D eigenvalue weighted by Gasteiger charge is 2.22. The molecule has 0 spiro atoms. The van der Waals surface area contributed by atoms with E-state index in [0.29, 0.717) is 29.0 Å². The number of carbonyl (C=O) groups excluding carboxylic acids is 2. The Morgan fingerprint density at radius 1 is 1.03 bits per heavy atom. The molecule has 5 rings (SSSR count). The van der Waals surface area contributed by atoms with Crippen LogP contribution in [0.1, 0.15) is 23.2 Å². The predicted molar refractivity (Wildman–Crippen MR) is 116 cm³/mol. The zero-order chi connectivity index (χ0) is 20.7. The zero-order valence-electron chi connectivity index (χ0n) is 16.5. The highest BCUT2D eigenvalue weighted by molar-refractivity contribution is 6.10. The molecule has 6 heteroatoms. The fraction of sp³-hybridized carbons (Fsp3) is 0.167. The number of furan rings is 1. The van der Waals surface area contributed by atoms with E-state index < -0.39 is 0 Å². The average Bonchev–Trinajstić information content (AvgIpc) is 3.36. The normalized spacial score (nSPS) is 13.9. The lowest BCUT2D eigenvalue weighted by Crippen LogP contribution is -2.23. The Bertz CT molecular complexity index is 1270. The van der Waals surface area contributed by atoms with Crippen molar-refractivity contribution in [2.75, 3.05) is 23.9 Å². The summed E-state index contributed by atoms with van der Waals surface area (Å²) in [4.78, 5) is 26.5. The van der Waals surface area contributed by atoms with Gasteiger partial charge < -0.3 is 19.4 Å². The van der Waals surface area contributed by atoms with Crippen LogP contribution in [0.3, 0.4) is 0 Å². The van der Waals surface area contributed by atoms with E-state index in [2.05, 4.69) is 5.32 Å². The summed E-state index contributed by atoms with van der Waals surface area (Å²) in [6, 6.07) is 18.5. The first-order valence-electron chi connectivity index (χ1n) is 9.85. The lowest BCUT2D eigenvalue weighted by Gasteiger charge is -2.16. The van der Waals surface area contributed by atoms with Crippen LogP contribution in [0.25, 0.3) is 21.9 Å². The Labute approximate surface area is 173 Å². The minimum absolute atomic E-state index is 0.121. The molecule has 1 aromatic heterocycles. The number of hydrogen-bond acceptors (Lipinski definition) is 4. The van der Waals surface area contributed by atoms with Crippen LogP contribution in [0.2, 0.25) is 0 Å². The molecule has 1 saturated heterocycles. The molecule has 30 heavy (non-hydrogen) atoms. The molecule has 0 bridgehead atoms. The van der Waals surface area contributed by atoms with Gasteiger partial charge in [0.1, 0.15) is 16.9 Å². The SMILES string of the molecule is COc1cc2c(cc1NC(=O)c1ccc(N3CCCC3=O)cc1)oc1ccccc12. The second-order valence-electron chi connectivity index (χ2n) is 7.30. The maximum atomic E-state index is 12.8. The maximum absolute atomic E-state index is 12.8. The second-order valence-corrected chi connectivity index (χ2v) is 7.30. The largest absolute Gasteiger partial charge is 0.495 e. The number of para-hydroxylation sites is 1. The summed E-state index contributed by atoms with van der Waals surface area (Å²) < 4.78 is 11.4. The molecular weight excluding hydrogens is 380 g/mol. The molecule has 150 valence electrons. The molecule has 1 aliphatic heterocycles. The summed E-state index contributed by atoms with van der Waals surface area (Å²) in [5.41, 5.74) is 3.31. The first-order chi connectivity index (χ1) is 14.6. The third kappa shape index (κ3) is 3.06. The number of anilines is 2. The van der Waals surface area contributed by atoms with E-state index in [4.69, 9.17) is 9.15 Å². The minimum Gasteiger partial charge on any atom is -0.495 e. The van der Waals surface area contributed by atoms with E-state index in [1.165, 1.54) is 0 Å². The summed E-state index contributed by atoms with van der Waals surface area (Å²) in [5, 5.41) is 4.83. The van der Waals surface area contributed by atoms with E-state index in [1.54, 1.807) is 42.3 Å². The van der Waals surface area contributed by atoms with Gasteiger partial charge in [0.25, 0.3) is 5.91 Å². The van der Waals surface area contributed by atoms with E-state index in [0.717, 1.165) is 35.0 Å². The number of nitrogens with zero attached hydrogens (tertiary/aromatic N) is 1. The topological polar surface area (TPSA) is 71.8 Å². The summed E-state index contributed by atoms with van der Waals surface area (Å²) in [5.74, 6) is 0.417. The molecule has 0 atom stereocenters. The van der Waals surface area contributed by atoms with Crippen molar-refractivity contribution in [1.29, 1.82) is 0 Å². The number of amides is 2. The Morgan fingerprint density at radius 3 is 2.57 bits per heavy atom. The Morgan fingerprint density at radius 2 is 1.83 bits per heavy atom. The van der Waals surface area contributed by atoms with Gasteiger partial charge in [0.15, 0.2) is 0 Å². The van der Waals surface area contributed by atoms with Crippen LogP contribution in [0.15, 0.2) is 65.1 Å². The smallest absolute Gasteiger partial charge is 0.255 e. The van der Waals surface area contributed by atoms with E-state index in [-0.39, 0.29) is 11.8 Å². The third-order valence-corrected chi connectivity index (χ3v) is 5.46. The number of nitrogens with one attached hydrogen (secondary N) is 1. The summed E-state index contributed by atoms with van der Waals surface area (Å²) >= 11 is 0. The number of ether oxygens (including phenoxy) is 1. The molecule has 2 amide bonds. The first kappa shape index (κ1) is 18.2. The van der Waals surface area contributed by atoms with Gasteiger partial charge in [-0.3, -0.25) is 9.59 Å². The number of carbonyl (C=O) groups is 2. The van der Waals surface area contributed by atoms with Gasteiger partial charge in [0, 0.05) is 41.1 Å². The molecule has 1 N–H and O–H groups in total. The van der Waals surface area contributed by atoms with Crippen LogP contribution in [0, 0.1) is 0 Å². The van der Waals surface area contributed by atoms with Gasteiger partial charge in [-0.05, 0) is 42.8 Å². The van der Waals surface area contributed by atoms with Gasteiger partial charge in [-0.2, -0.15) is 0 Å². The molecule has 4 aromatic rings. The summed E-state index contributed by atoms with van der Waals surface area (Å²) in [6.45, 7) is 0.721. The van der Waals surface area contributed by atoms with Crippen molar-refractivity contribution in [3.05, 3.63) is 66.2 Å². The lowest BCUT2D eigenvalue weighted by molar-refractivity contribution is -0.117. The second kappa shape index (κ2) is 7.22. The number of hydrogen-bond donors (Lipinski definition) is 1. The summed E-state index contributed by atoms with van der Waals surface area (Å²) in [7, 11) is 1.57. The van der Waals surface area contributed by atoms with Crippen LogP contribution in [-0.2, 0) is 4.79 Å². The fourth-order valence-electron chi connectivity index (χ4n) is 3.93. The molecule has 6 nitrogen and oxygen atoms in total. The fourth-order valence-corrected chi connectivity index (χ4v) is 3.93. The van der Waals surface area contributed by atoms with E-state index >= 15 is 0 Å². The molecule has 0 radical (unpaired) electrons. The molecule has 3 aromatic carbocycles. The maximum Gasteiger partial charge on any atom is 0.255 e. The summed E-state index contributed by atoms with van der Waals surface area (Å²) in [6.07, 6.45) is 1.44. The minimum atomic E-state index is -0.261. The van der Waals surface area contributed by atoms with E-state index in [9.17, 15) is 9.59 Å². The molecule has 0 unspecified atom stereocenters. The number of rotatable bonds is 4. The van der Waals surface area contributed by atoms with Gasteiger partial charge in [-0.15, -0.1) is 0 Å². The Balaban J connectivity index is 1.43. The van der Waals surface area contributed by atoms with Crippen LogP contribution < -0.4 is 15.0 Å². The van der Waals surface area contributed by atoms with Crippen LogP contribution in [0.4, 0.5) is 11.4 Å². The van der Waals surface area contributed by atoms with Gasteiger partial charge in [-0.1, -0.05) is 18.2 Å². The highest BCUT2D eigenvalue weighted by atomic mass is 16.5. The van der Waals surface area contributed by atoms with Gasteiger partial charge >= 0.3 is 0 Å². The van der Waals surface area contributed by atoms with Gasteiger partial charge in [0.05, 0.1) is 12.8 Å². The average molecular weight is 400 g/mol. The molecule has 1 fully saturated rings. The monoisotopic (exact) mass is 400 g/mol. The van der Waals surface area contributed by atoms with Gasteiger partial charge in [0.2, 0.25) is 5.91 Å². The van der Waals surface area contributed by atoms with E-state index in [1.807, 2.05) is 30.3 Å². The van der Waals surface area contributed by atoms with Crippen LogP contribution in [-0.4, -0.2) is 25.5 Å². The predicted octanol–water partition coefficient (Wildman–Crippen LogP) is 4.97. The lowest BCUT2D eigenvalue weighted by atomic mass is 10.1. The van der Waals surface area contributed by atoms with Crippen molar-refractivity contribution in [1.82, 2.24) is 0 Å². The van der Waals surface area contributed by atoms with Crippen molar-refractivity contribution < 1.29 is 18.7 Å². The van der Waals surface area contributed by atoms with Crippen LogP contribution >= 0.6 is 0 Å². The van der Waals surface area contributed by atoms with Crippen molar-refractivity contribution in [2.45, 2.75) is 12.8 Å². The molecule has 0 aliphatic carbocycles. The molecular formula is C24H20N2O4. The quantitative estimate of drug-likeness (QED) is 0.525. The zero-order valence-corrected chi connectivity index (χ0v) is 16.5. The number of methoxy groups -OCH3 is 1. The van der Waals surface area contributed by atoms with Gasteiger partial charge in [-0.25, -0.2) is 0 Å². The molecule has 2 heterocycles. The van der Waals surface area contributed by atoms with Crippen molar-refractivity contribution in [2.24, 2.45) is 0 Å². The number of fused-ring (bicyclic) bond motifs is 3. The Hall–Kier alpha value is -3.80. The van der Waals surface area contributed by atoms with Crippen molar-refractivity contribution in [3.8, 4) is 5.75 Å². The first-order valence-corrected chi connectivity index (χ1v) is 9.85. The standard InChI is InChI=1S/C24H20N2O4/c1-29-22-13-18-17-5-2-3-6-20(17)30-21(18)14-19(22)25-24(28)15-8-10-16(11-9-15)26-12-4-7-23(26)27/h2-3,5-6,8-11,13-14H,4,7,12H2,1H3,(H,25,28). The third-order valence-electron chi connectivity index (χ3n) is 5.46. The Kier molecular flexibility index (Phi) is 4.39. The number of benzene rings is 3. The van der Waals surface area contributed by atoms with Crippen LogP contribution in [0.5, 0.6) is 5.75 Å². The highest BCUT2D eigenvalue weighted by Crippen LogP contribution is 2.36. The molecule has 1 aliphatic rings. The van der Waals surface area contributed by atoms with Crippen molar-refractivity contribution in [3.63, 3.8) is 0 Å². The molecule has 0 saturated carbocycles.